The van der Waals surface area contributed by atoms with E-state index in [0.29, 0.717) is 0 Å². The predicted octanol–water partition coefficient (Wildman–Crippen LogP) is 5.19. The molecule has 0 radical (unpaired) electrons. The normalized spacial score (nSPS) is 17.5. The highest BCUT2D eigenvalue weighted by atomic mass is 33.1. The van der Waals surface area contributed by atoms with E-state index < -0.39 is 0 Å². The lowest BCUT2D eigenvalue weighted by Gasteiger charge is -2.18. The Morgan fingerprint density at radius 1 is 1.19 bits per heavy atom. The van der Waals surface area contributed by atoms with Gasteiger partial charge in [-0.05, 0) is 43.4 Å². The summed E-state index contributed by atoms with van der Waals surface area (Å²) in [5, 5.41) is 0. The first-order chi connectivity index (χ1) is 7.60. The third-order valence-electron chi connectivity index (χ3n) is 3.22. The van der Waals surface area contributed by atoms with E-state index in [1.165, 1.54) is 12.8 Å². The van der Waals surface area contributed by atoms with Crippen LogP contribution in [0.1, 0.15) is 50.8 Å². The predicted molar refractivity (Wildman–Crippen MR) is 76.3 cm³/mol. The van der Waals surface area contributed by atoms with E-state index in [9.17, 15) is 0 Å². The molecule has 0 nitrogen and oxygen atoms in total. The Hall–Kier alpha value is -0.0800. The molecule has 0 amide bonds. The summed E-state index contributed by atoms with van der Waals surface area (Å²) in [4.78, 5) is 1.57. The fourth-order valence-electron chi connectivity index (χ4n) is 2.28. The molecule has 0 N–H and O–H groups in total. The van der Waals surface area contributed by atoms with Gasteiger partial charge >= 0.3 is 0 Å². The Balaban J connectivity index is 2.53. The Morgan fingerprint density at radius 2 is 1.94 bits per heavy atom. The Morgan fingerprint density at radius 3 is 2.56 bits per heavy atom. The fourth-order valence-corrected chi connectivity index (χ4v) is 5.36. The van der Waals surface area contributed by atoms with Gasteiger partial charge in [-0.3, -0.25) is 0 Å². The molecule has 0 aromatic heterocycles. The highest BCUT2D eigenvalue weighted by molar-refractivity contribution is 8.77. The molecule has 0 saturated carbocycles. The molecule has 2 heteroatoms. The summed E-state index contributed by atoms with van der Waals surface area (Å²) in [5.74, 6) is 0. The maximum Gasteiger partial charge on any atom is 0.0470 e. The molecule has 0 fully saturated rings. The Bertz CT molecular complexity index is 394. The Labute approximate surface area is 107 Å². The monoisotopic (exact) mass is 252 g/mol. The average molecular weight is 252 g/mol. The van der Waals surface area contributed by atoms with E-state index in [4.69, 9.17) is 0 Å². The number of fused-ring (bicyclic) bond motifs is 1. The van der Waals surface area contributed by atoms with Gasteiger partial charge in [-0.1, -0.05) is 54.0 Å². The molecule has 1 heterocycles. The first-order valence-electron chi connectivity index (χ1n) is 6.11. The molecule has 1 aromatic rings. The van der Waals surface area contributed by atoms with Crippen LogP contribution in [-0.2, 0) is 17.6 Å². The van der Waals surface area contributed by atoms with Crippen LogP contribution in [0.2, 0.25) is 0 Å². The molecule has 16 heavy (non-hydrogen) atoms. The number of hydrogen-bond acceptors (Lipinski definition) is 2. The van der Waals surface area contributed by atoms with Crippen molar-refractivity contribution in [2.45, 2.75) is 56.6 Å². The summed E-state index contributed by atoms with van der Waals surface area (Å²) < 4.78 is 0.286. The standard InChI is InChI=1S/C14H20S2/c1-5-7-11-10(6-2)8-9-12-13(11)15-16-14(12,3)4/h8-9H,5-7H2,1-4H3. The van der Waals surface area contributed by atoms with E-state index in [-0.39, 0.29) is 4.75 Å². The van der Waals surface area contributed by atoms with Crippen LogP contribution in [0.25, 0.3) is 0 Å². The van der Waals surface area contributed by atoms with Crippen LogP contribution in [0.4, 0.5) is 0 Å². The molecule has 1 aliphatic rings. The molecule has 0 atom stereocenters. The van der Waals surface area contributed by atoms with Crippen molar-refractivity contribution in [3.63, 3.8) is 0 Å². The lowest BCUT2D eigenvalue weighted by atomic mass is 9.93. The zero-order chi connectivity index (χ0) is 11.8. The minimum Gasteiger partial charge on any atom is -0.0778 e. The molecule has 0 saturated heterocycles. The quantitative estimate of drug-likeness (QED) is 0.679. The van der Waals surface area contributed by atoms with Gasteiger partial charge < -0.3 is 0 Å². The van der Waals surface area contributed by atoms with Crippen LogP contribution in [0.5, 0.6) is 0 Å². The average Bonchev–Trinajstić information content (AvgIpc) is 2.56. The lowest BCUT2D eigenvalue weighted by Crippen LogP contribution is -2.08. The van der Waals surface area contributed by atoms with Crippen molar-refractivity contribution in [2.24, 2.45) is 0 Å². The summed E-state index contributed by atoms with van der Waals surface area (Å²) >= 11 is 0. The van der Waals surface area contributed by atoms with Gasteiger partial charge in [0.15, 0.2) is 0 Å². The van der Waals surface area contributed by atoms with E-state index in [1.807, 2.05) is 21.6 Å². The molecule has 0 aliphatic carbocycles. The van der Waals surface area contributed by atoms with Crippen LogP contribution in [0.15, 0.2) is 17.0 Å². The van der Waals surface area contributed by atoms with E-state index in [0.717, 1.165) is 6.42 Å². The second-order valence-corrected chi connectivity index (χ2v) is 7.62. The first kappa shape index (κ1) is 12.4. The van der Waals surface area contributed by atoms with Gasteiger partial charge in [0.05, 0.1) is 0 Å². The second kappa shape index (κ2) is 4.66. The molecule has 2 rings (SSSR count). The summed E-state index contributed by atoms with van der Waals surface area (Å²) in [5.41, 5.74) is 4.71. The fraction of sp³-hybridized carbons (Fsp3) is 0.571. The third-order valence-corrected chi connectivity index (χ3v) is 6.57. The molecule has 88 valence electrons. The topological polar surface area (TPSA) is 0 Å². The zero-order valence-corrected chi connectivity index (χ0v) is 12.2. The molecule has 0 bridgehead atoms. The van der Waals surface area contributed by atoms with Crippen molar-refractivity contribution in [2.75, 3.05) is 0 Å². The molecule has 0 spiro atoms. The number of hydrogen-bond donors (Lipinski definition) is 0. The van der Waals surface area contributed by atoms with E-state index in [2.05, 4.69) is 39.8 Å². The van der Waals surface area contributed by atoms with Crippen molar-refractivity contribution < 1.29 is 0 Å². The summed E-state index contributed by atoms with van der Waals surface area (Å²) in [6.45, 7) is 9.20. The third kappa shape index (κ3) is 2.02. The summed E-state index contributed by atoms with van der Waals surface area (Å²) in [6.07, 6.45) is 3.64. The second-order valence-electron chi connectivity index (χ2n) is 4.86. The van der Waals surface area contributed by atoms with Crippen LogP contribution < -0.4 is 0 Å². The minimum absolute atomic E-state index is 0.286. The van der Waals surface area contributed by atoms with Crippen molar-refractivity contribution in [1.29, 1.82) is 0 Å². The van der Waals surface area contributed by atoms with Crippen molar-refractivity contribution in [3.8, 4) is 0 Å². The molecular weight excluding hydrogens is 232 g/mol. The molecule has 0 unspecified atom stereocenters. The maximum absolute atomic E-state index is 2.35. The van der Waals surface area contributed by atoms with Crippen molar-refractivity contribution in [1.82, 2.24) is 0 Å². The summed E-state index contributed by atoms with van der Waals surface area (Å²) in [6, 6.07) is 4.69. The zero-order valence-electron chi connectivity index (χ0n) is 10.6. The van der Waals surface area contributed by atoms with Crippen LogP contribution in [-0.4, -0.2) is 0 Å². The molecule has 1 aliphatic heterocycles. The van der Waals surface area contributed by atoms with Crippen LogP contribution in [0.3, 0.4) is 0 Å². The smallest absolute Gasteiger partial charge is 0.0470 e. The van der Waals surface area contributed by atoms with Gasteiger partial charge in [-0.15, -0.1) is 0 Å². The van der Waals surface area contributed by atoms with Gasteiger partial charge in [-0.2, -0.15) is 0 Å². The van der Waals surface area contributed by atoms with Gasteiger partial charge in [-0.25, -0.2) is 0 Å². The van der Waals surface area contributed by atoms with Gasteiger partial charge in [0.1, 0.15) is 0 Å². The SMILES string of the molecule is CCCc1c(CC)ccc2c1SSC2(C)C. The van der Waals surface area contributed by atoms with E-state index in [1.54, 1.807) is 21.6 Å². The first-order valence-corrected chi connectivity index (χ1v) is 8.26. The van der Waals surface area contributed by atoms with Crippen molar-refractivity contribution in [3.05, 3.63) is 28.8 Å². The number of benzene rings is 1. The number of aryl methyl sites for hydroxylation is 1. The maximum atomic E-state index is 2.35. The summed E-state index contributed by atoms with van der Waals surface area (Å²) in [7, 11) is 3.99. The highest BCUT2D eigenvalue weighted by Crippen LogP contribution is 2.58. The largest absolute Gasteiger partial charge is 0.0778 e. The number of rotatable bonds is 3. The molecular formula is C14H20S2. The van der Waals surface area contributed by atoms with Crippen molar-refractivity contribution >= 4 is 21.6 Å². The highest BCUT2D eigenvalue weighted by Gasteiger charge is 2.33. The van der Waals surface area contributed by atoms with Gasteiger partial charge in [0.25, 0.3) is 0 Å². The molecule has 1 aromatic carbocycles. The van der Waals surface area contributed by atoms with E-state index >= 15 is 0 Å². The van der Waals surface area contributed by atoms with Crippen LogP contribution in [0, 0.1) is 0 Å². The van der Waals surface area contributed by atoms with Crippen LogP contribution >= 0.6 is 21.6 Å². The minimum atomic E-state index is 0.286. The van der Waals surface area contributed by atoms with Gasteiger partial charge in [0, 0.05) is 9.64 Å². The van der Waals surface area contributed by atoms with Gasteiger partial charge in [0.2, 0.25) is 0 Å². The Kier molecular flexibility index (Phi) is 3.60. The lowest BCUT2D eigenvalue weighted by molar-refractivity contribution is 0.760.